The summed E-state index contributed by atoms with van der Waals surface area (Å²) in [6, 6.07) is 12.3. The highest BCUT2D eigenvalue weighted by Gasteiger charge is 2.47. The van der Waals surface area contributed by atoms with Gasteiger partial charge in [0.05, 0.1) is 55.4 Å². The highest BCUT2D eigenvalue weighted by molar-refractivity contribution is 5.95. The summed E-state index contributed by atoms with van der Waals surface area (Å²) in [6.45, 7) is 3.29. The Hall–Kier alpha value is -3.67. The standard InChI is InChI=1S/C30H31F3N6O2/c1-37-7-9-38(10-8-37)26-6-5-19-11-27(26)41-16-21(39-17-30(32,33)18-39)15-40-14-20-3-2-4-23(31)28(20)24-12-22-25(13-34-24)35-36-29(19)22/h2-6,11-13,21H,7-10,14-18H2,1H3,(H,35,36). The molecule has 1 unspecified atom stereocenters. The highest BCUT2D eigenvalue weighted by atomic mass is 19.3. The van der Waals surface area contributed by atoms with Gasteiger partial charge in [0.25, 0.3) is 5.92 Å². The van der Waals surface area contributed by atoms with Gasteiger partial charge in [-0.05, 0) is 36.9 Å². The minimum Gasteiger partial charge on any atom is -0.490 e. The first-order chi connectivity index (χ1) is 19.8. The Kier molecular flexibility index (Phi) is 6.60. The molecular formula is C30H31F3N6O2. The van der Waals surface area contributed by atoms with Gasteiger partial charge in [-0.1, -0.05) is 18.2 Å². The number of aromatic nitrogens is 3. The van der Waals surface area contributed by atoms with Gasteiger partial charge in [-0.15, -0.1) is 0 Å². The molecule has 0 radical (unpaired) electrons. The molecule has 0 spiro atoms. The zero-order valence-electron chi connectivity index (χ0n) is 22.7. The number of rotatable bonds is 2. The van der Waals surface area contributed by atoms with Gasteiger partial charge in [-0.3, -0.25) is 15.0 Å². The van der Waals surface area contributed by atoms with Crippen molar-refractivity contribution in [2.45, 2.75) is 18.6 Å². The third-order valence-corrected chi connectivity index (χ3v) is 8.26. The third-order valence-electron chi connectivity index (χ3n) is 8.26. The molecule has 4 aromatic rings. The zero-order chi connectivity index (χ0) is 28.1. The molecule has 1 N–H and O–H groups in total. The van der Waals surface area contributed by atoms with Crippen LogP contribution in [-0.4, -0.2) is 96.5 Å². The molecule has 0 amide bonds. The minimum atomic E-state index is -2.72. The lowest BCUT2D eigenvalue weighted by Gasteiger charge is -2.43. The second-order valence-corrected chi connectivity index (χ2v) is 11.2. The molecule has 5 heterocycles. The van der Waals surface area contributed by atoms with Gasteiger partial charge in [0, 0.05) is 42.7 Å². The molecule has 214 valence electrons. The minimum absolute atomic E-state index is 0.103. The fraction of sp³-hybridized carbons (Fsp3) is 0.400. The summed E-state index contributed by atoms with van der Waals surface area (Å²) in [6.07, 6.45) is 1.66. The number of nitrogens with zero attached hydrogens (tertiary/aromatic N) is 5. The SMILES string of the molecule is CN1CCN(c2ccc3cc2OCC(N2CC(F)(F)C2)COCc2cccc(F)c2-c2cc4c-3n[nH]c4cn2)CC1. The van der Waals surface area contributed by atoms with Crippen LogP contribution in [0.1, 0.15) is 5.56 Å². The highest BCUT2D eigenvalue weighted by Crippen LogP contribution is 2.38. The number of fused-ring (bicyclic) bond motifs is 6. The van der Waals surface area contributed by atoms with E-state index in [1.54, 1.807) is 23.2 Å². The van der Waals surface area contributed by atoms with E-state index >= 15 is 4.39 Å². The summed E-state index contributed by atoms with van der Waals surface area (Å²) < 4.78 is 55.5. The Morgan fingerprint density at radius 2 is 1.85 bits per heavy atom. The number of H-pyrrole nitrogens is 1. The molecule has 11 heteroatoms. The molecule has 7 rings (SSSR count). The van der Waals surface area contributed by atoms with Crippen molar-refractivity contribution in [2.24, 2.45) is 0 Å². The number of ether oxygens (including phenoxy) is 2. The predicted molar refractivity (Wildman–Crippen MR) is 150 cm³/mol. The van der Waals surface area contributed by atoms with E-state index in [2.05, 4.69) is 32.0 Å². The Bertz CT molecular complexity index is 1580. The summed E-state index contributed by atoms with van der Waals surface area (Å²) >= 11 is 0. The summed E-state index contributed by atoms with van der Waals surface area (Å²) in [5.74, 6) is -2.47. The zero-order valence-corrected chi connectivity index (χ0v) is 22.7. The fourth-order valence-electron chi connectivity index (χ4n) is 5.89. The van der Waals surface area contributed by atoms with E-state index in [1.807, 2.05) is 24.3 Å². The molecule has 4 bridgehead atoms. The van der Waals surface area contributed by atoms with Gasteiger partial charge in [0.15, 0.2) is 0 Å². The average molecular weight is 565 g/mol. The van der Waals surface area contributed by atoms with Crippen LogP contribution in [0.15, 0.2) is 48.7 Å². The lowest BCUT2D eigenvalue weighted by Crippen LogP contribution is -2.62. The van der Waals surface area contributed by atoms with Gasteiger partial charge >= 0.3 is 0 Å². The molecule has 0 saturated carbocycles. The molecule has 3 aliphatic heterocycles. The average Bonchev–Trinajstić information content (AvgIpc) is 3.37. The van der Waals surface area contributed by atoms with Crippen LogP contribution >= 0.6 is 0 Å². The number of benzene rings is 2. The number of aromatic amines is 1. The molecule has 41 heavy (non-hydrogen) atoms. The first kappa shape index (κ1) is 26.2. The maximum atomic E-state index is 15.2. The quantitative estimate of drug-likeness (QED) is 0.387. The van der Waals surface area contributed by atoms with Crippen LogP contribution in [0, 0.1) is 5.82 Å². The smallest absolute Gasteiger partial charge is 0.272 e. The lowest BCUT2D eigenvalue weighted by atomic mass is 10.0. The molecule has 2 saturated heterocycles. The molecule has 3 aliphatic rings. The van der Waals surface area contributed by atoms with Gasteiger partial charge in [-0.2, -0.15) is 5.10 Å². The van der Waals surface area contributed by atoms with Gasteiger partial charge in [-0.25, -0.2) is 13.2 Å². The largest absolute Gasteiger partial charge is 0.490 e. The van der Waals surface area contributed by atoms with Crippen molar-refractivity contribution < 1.29 is 22.6 Å². The molecule has 1 atom stereocenters. The topological polar surface area (TPSA) is 69.8 Å². The Balaban J connectivity index is 1.34. The molecule has 2 fully saturated rings. The van der Waals surface area contributed by atoms with E-state index in [0.717, 1.165) is 48.3 Å². The van der Waals surface area contributed by atoms with Gasteiger partial charge < -0.3 is 19.3 Å². The van der Waals surface area contributed by atoms with E-state index < -0.39 is 17.8 Å². The molecule has 0 aliphatic carbocycles. The second kappa shape index (κ2) is 10.3. The third kappa shape index (κ3) is 5.02. The van der Waals surface area contributed by atoms with Gasteiger partial charge in [0.1, 0.15) is 23.9 Å². The van der Waals surface area contributed by atoms with Crippen LogP contribution in [0.3, 0.4) is 0 Å². The maximum absolute atomic E-state index is 15.2. The molecule has 8 nitrogen and oxygen atoms in total. The van der Waals surface area contributed by atoms with Crippen molar-refractivity contribution in [3.05, 3.63) is 60.0 Å². The van der Waals surface area contributed by atoms with E-state index in [0.29, 0.717) is 28.3 Å². The van der Waals surface area contributed by atoms with Crippen LogP contribution in [0.5, 0.6) is 5.75 Å². The number of likely N-dealkylation sites (N-methyl/N-ethyl adjacent to an activating group) is 1. The number of anilines is 1. The normalized spacial score (nSPS) is 21.6. The predicted octanol–water partition coefficient (Wildman–Crippen LogP) is 4.41. The Morgan fingerprint density at radius 3 is 2.66 bits per heavy atom. The van der Waals surface area contributed by atoms with Crippen molar-refractivity contribution in [2.75, 3.05) is 64.4 Å². The van der Waals surface area contributed by atoms with Crippen molar-refractivity contribution in [3.63, 3.8) is 0 Å². The van der Waals surface area contributed by atoms with E-state index in [4.69, 9.17) is 9.47 Å². The Labute approximate surface area is 235 Å². The summed E-state index contributed by atoms with van der Waals surface area (Å²) in [5.41, 5.74) is 4.66. The lowest BCUT2D eigenvalue weighted by molar-refractivity contribution is -0.158. The van der Waals surface area contributed by atoms with Crippen LogP contribution in [-0.2, 0) is 11.3 Å². The summed E-state index contributed by atoms with van der Waals surface area (Å²) in [7, 11) is 2.11. The van der Waals surface area contributed by atoms with Crippen LogP contribution in [0.4, 0.5) is 18.9 Å². The molecule has 2 aromatic heterocycles. The number of pyridine rings is 1. The number of halogens is 3. The summed E-state index contributed by atoms with van der Waals surface area (Å²) in [4.78, 5) is 10.8. The second-order valence-electron chi connectivity index (χ2n) is 11.2. The first-order valence-electron chi connectivity index (χ1n) is 13.9. The van der Waals surface area contributed by atoms with Crippen molar-refractivity contribution in [1.82, 2.24) is 25.0 Å². The van der Waals surface area contributed by atoms with Gasteiger partial charge in [0.2, 0.25) is 0 Å². The maximum Gasteiger partial charge on any atom is 0.272 e. The fourth-order valence-corrected chi connectivity index (χ4v) is 5.89. The van der Waals surface area contributed by atoms with Crippen LogP contribution in [0.25, 0.3) is 33.4 Å². The number of alkyl halides is 2. The monoisotopic (exact) mass is 564 g/mol. The van der Waals surface area contributed by atoms with Crippen LogP contribution in [0.2, 0.25) is 0 Å². The molecule has 2 aromatic carbocycles. The van der Waals surface area contributed by atoms with Crippen molar-refractivity contribution >= 4 is 16.6 Å². The number of piperazine rings is 1. The van der Waals surface area contributed by atoms with E-state index in [9.17, 15) is 8.78 Å². The number of hydrogen-bond acceptors (Lipinski definition) is 7. The first-order valence-corrected chi connectivity index (χ1v) is 13.9. The number of likely N-dealkylation sites (tertiary alicyclic amines) is 1. The Morgan fingerprint density at radius 1 is 1.02 bits per heavy atom. The number of hydrogen-bond donors (Lipinski definition) is 1. The van der Waals surface area contributed by atoms with Crippen molar-refractivity contribution in [1.29, 1.82) is 0 Å². The van der Waals surface area contributed by atoms with Crippen LogP contribution < -0.4 is 9.64 Å². The van der Waals surface area contributed by atoms with Crippen molar-refractivity contribution in [3.8, 4) is 28.3 Å². The number of nitrogens with one attached hydrogen (secondary N) is 1. The summed E-state index contributed by atoms with van der Waals surface area (Å²) in [5, 5.41) is 8.43. The molecular weight excluding hydrogens is 533 g/mol. The van der Waals surface area contributed by atoms with E-state index in [1.165, 1.54) is 6.07 Å². The van der Waals surface area contributed by atoms with E-state index in [-0.39, 0.29) is 32.9 Å².